The van der Waals surface area contributed by atoms with Crippen LogP contribution in [-0.4, -0.2) is 24.1 Å². The van der Waals surface area contributed by atoms with E-state index in [1.807, 2.05) is 30.4 Å². The minimum atomic E-state index is -0.884. The molecule has 1 aromatic carbocycles. The number of carbonyl (C=O) groups excluding carboxylic acids is 1. The number of carbonyl (C=O) groups is 2. The molecule has 2 bridgehead atoms. The summed E-state index contributed by atoms with van der Waals surface area (Å²) in [6.45, 7) is 0.471. The molecule has 2 aliphatic carbocycles. The Morgan fingerprint density at radius 1 is 1.27 bits per heavy atom. The van der Waals surface area contributed by atoms with Gasteiger partial charge in [0.1, 0.15) is 0 Å². The molecule has 4 unspecified atom stereocenters. The van der Waals surface area contributed by atoms with Crippen LogP contribution in [0.3, 0.4) is 0 Å². The van der Waals surface area contributed by atoms with Crippen LogP contribution >= 0.6 is 0 Å². The maximum Gasteiger partial charge on any atom is 0.307 e. The van der Waals surface area contributed by atoms with E-state index in [1.54, 1.807) is 13.2 Å². The van der Waals surface area contributed by atoms with Gasteiger partial charge in [-0.15, -0.1) is 0 Å². The molecule has 0 aromatic heterocycles. The molecular formula is C17H19NO4. The number of hydrogen-bond acceptors (Lipinski definition) is 3. The van der Waals surface area contributed by atoms with Crippen molar-refractivity contribution in [1.82, 2.24) is 0 Å². The third-order valence-electron chi connectivity index (χ3n) is 4.55. The van der Waals surface area contributed by atoms with Crippen molar-refractivity contribution >= 4 is 17.6 Å². The minimum Gasteiger partial charge on any atom is -0.481 e. The number of fused-ring (bicyclic) bond motifs is 2. The lowest BCUT2D eigenvalue weighted by atomic mass is 9.82. The Bertz CT molecular complexity index is 625. The lowest BCUT2D eigenvalue weighted by molar-refractivity contribution is -0.146. The first-order valence-electron chi connectivity index (χ1n) is 7.40. The molecule has 2 aliphatic rings. The van der Waals surface area contributed by atoms with E-state index in [-0.39, 0.29) is 17.7 Å². The van der Waals surface area contributed by atoms with E-state index >= 15 is 0 Å². The SMILES string of the molecule is COCc1cccc(NC(=O)C2C3C=CC(C3)C2C(=O)O)c1. The average molecular weight is 301 g/mol. The van der Waals surface area contributed by atoms with Crippen molar-refractivity contribution in [2.75, 3.05) is 12.4 Å². The number of ether oxygens (including phenoxy) is 1. The molecule has 0 spiro atoms. The number of anilines is 1. The molecule has 22 heavy (non-hydrogen) atoms. The zero-order valence-corrected chi connectivity index (χ0v) is 12.4. The molecular weight excluding hydrogens is 282 g/mol. The Balaban J connectivity index is 1.75. The molecule has 5 nitrogen and oxygen atoms in total. The van der Waals surface area contributed by atoms with Gasteiger partial charge in [0.05, 0.1) is 18.4 Å². The zero-order valence-electron chi connectivity index (χ0n) is 12.4. The molecule has 5 heteroatoms. The van der Waals surface area contributed by atoms with Gasteiger partial charge in [0.2, 0.25) is 5.91 Å². The van der Waals surface area contributed by atoms with Gasteiger partial charge in [-0.05, 0) is 36.0 Å². The van der Waals surface area contributed by atoms with Crippen molar-refractivity contribution < 1.29 is 19.4 Å². The van der Waals surface area contributed by atoms with Crippen LogP contribution in [0.5, 0.6) is 0 Å². The quantitative estimate of drug-likeness (QED) is 0.818. The average Bonchev–Trinajstić information content (AvgIpc) is 3.08. The fourth-order valence-corrected chi connectivity index (χ4v) is 3.65. The van der Waals surface area contributed by atoms with Crippen LogP contribution < -0.4 is 5.32 Å². The number of rotatable bonds is 5. The number of carboxylic acid groups (broad SMARTS) is 1. The van der Waals surface area contributed by atoms with Gasteiger partial charge < -0.3 is 15.2 Å². The molecule has 3 rings (SSSR count). The third kappa shape index (κ3) is 2.64. The summed E-state index contributed by atoms with van der Waals surface area (Å²) < 4.78 is 5.08. The van der Waals surface area contributed by atoms with Gasteiger partial charge in [0.25, 0.3) is 0 Å². The zero-order chi connectivity index (χ0) is 15.7. The second-order valence-corrected chi connectivity index (χ2v) is 5.96. The number of amides is 1. The van der Waals surface area contributed by atoms with E-state index < -0.39 is 17.8 Å². The van der Waals surface area contributed by atoms with E-state index in [2.05, 4.69) is 5.32 Å². The second kappa shape index (κ2) is 5.93. The Kier molecular flexibility index (Phi) is 3.98. The number of methoxy groups -OCH3 is 1. The van der Waals surface area contributed by atoms with Gasteiger partial charge >= 0.3 is 5.97 Å². The first kappa shape index (κ1) is 14.8. The standard InChI is InChI=1S/C17H19NO4/c1-22-9-10-3-2-4-13(7-10)18-16(19)14-11-5-6-12(8-11)15(14)17(20)21/h2-7,11-12,14-15H,8-9H2,1H3,(H,18,19)(H,20,21). The number of carboxylic acids is 1. The lowest BCUT2D eigenvalue weighted by Gasteiger charge is -2.24. The molecule has 0 saturated heterocycles. The fourth-order valence-electron chi connectivity index (χ4n) is 3.65. The van der Waals surface area contributed by atoms with E-state index in [1.165, 1.54) is 0 Å². The van der Waals surface area contributed by atoms with Gasteiger partial charge in [0, 0.05) is 12.8 Å². The van der Waals surface area contributed by atoms with Crippen LogP contribution in [-0.2, 0) is 20.9 Å². The molecule has 0 aliphatic heterocycles. The molecule has 2 N–H and O–H groups in total. The summed E-state index contributed by atoms with van der Waals surface area (Å²) in [5, 5.41) is 12.3. The van der Waals surface area contributed by atoms with Crippen molar-refractivity contribution in [3.8, 4) is 0 Å². The van der Waals surface area contributed by atoms with Crippen LogP contribution in [0.15, 0.2) is 36.4 Å². The molecule has 0 radical (unpaired) electrons. The predicted octanol–water partition coefficient (Wildman–Crippen LogP) is 2.29. The maximum absolute atomic E-state index is 12.5. The second-order valence-electron chi connectivity index (χ2n) is 5.96. The Morgan fingerprint density at radius 2 is 2.00 bits per heavy atom. The monoisotopic (exact) mass is 301 g/mol. The van der Waals surface area contributed by atoms with Gasteiger partial charge in [0.15, 0.2) is 0 Å². The Labute approximate surface area is 129 Å². The molecule has 4 atom stereocenters. The summed E-state index contributed by atoms with van der Waals surface area (Å²) >= 11 is 0. The summed E-state index contributed by atoms with van der Waals surface area (Å²) in [7, 11) is 1.62. The predicted molar refractivity (Wildman–Crippen MR) is 81.1 cm³/mol. The minimum absolute atomic E-state index is 0.0157. The van der Waals surface area contributed by atoms with E-state index in [0.717, 1.165) is 12.0 Å². The smallest absolute Gasteiger partial charge is 0.307 e. The van der Waals surface area contributed by atoms with E-state index in [0.29, 0.717) is 12.3 Å². The summed E-state index contributed by atoms with van der Waals surface area (Å²) in [6, 6.07) is 7.41. The molecule has 1 amide bonds. The first-order chi connectivity index (χ1) is 10.6. The fraction of sp³-hybridized carbons (Fsp3) is 0.412. The highest BCUT2D eigenvalue weighted by atomic mass is 16.5. The van der Waals surface area contributed by atoms with Gasteiger partial charge in [-0.25, -0.2) is 0 Å². The van der Waals surface area contributed by atoms with Crippen molar-refractivity contribution in [2.24, 2.45) is 23.7 Å². The third-order valence-corrected chi connectivity index (χ3v) is 4.55. The summed E-state index contributed by atoms with van der Waals surface area (Å²) in [4.78, 5) is 24.0. The van der Waals surface area contributed by atoms with Crippen molar-refractivity contribution in [3.63, 3.8) is 0 Å². The largest absolute Gasteiger partial charge is 0.481 e. The van der Waals surface area contributed by atoms with Gasteiger partial charge in [-0.1, -0.05) is 24.3 Å². The normalized spacial score (nSPS) is 28.8. The molecule has 116 valence electrons. The van der Waals surface area contributed by atoms with Crippen LogP contribution in [0.2, 0.25) is 0 Å². The summed E-state index contributed by atoms with van der Waals surface area (Å²) in [5.74, 6) is -2.17. The van der Waals surface area contributed by atoms with E-state index in [9.17, 15) is 14.7 Å². The number of aliphatic carboxylic acids is 1. The summed E-state index contributed by atoms with van der Waals surface area (Å²) in [6.07, 6.45) is 4.68. The first-order valence-corrected chi connectivity index (χ1v) is 7.40. The highest BCUT2D eigenvalue weighted by molar-refractivity contribution is 5.96. The highest BCUT2D eigenvalue weighted by Gasteiger charge is 2.51. The molecule has 1 fully saturated rings. The van der Waals surface area contributed by atoms with Crippen molar-refractivity contribution in [1.29, 1.82) is 0 Å². The Hall–Kier alpha value is -2.14. The van der Waals surface area contributed by atoms with Crippen molar-refractivity contribution in [3.05, 3.63) is 42.0 Å². The molecule has 1 saturated carbocycles. The van der Waals surface area contributed by atoms with Crippen LogP contribution in [0.1, 0.15) is 12.0 Å². The molecule has 1 aromatic rings. The number of benzene rings is 1. The maximum atomic E-state index is 12.5. The lowest BCUT2D eigenvalue weighted by Crippen LogP contribution is -2.36. The number of nitrogens with one attached hydrogen (secondary N) is 1. The number of hydrogen-bond donors (Lipinski definition) is 2. The van der Waals surface area contributed by atoms with Gasteiger partial charge in [-0.3, -0.25) is 9.59 Å². The van der Waals surface area contributed by atoms with Crippen LogP contribution in [0.4, 0.5) is 5.69 Å². The van der Waals surface area contributed by atoms with E-state index in [4.69, 9.17) is 4.74 Å². The topological polar surface area (TPSA) is 75.6 Å². The van der Waals surface area contributed by atoms with Crippen LogP contribution in [0.25, 0.3) is 0 Å². The molecule has 0 heterocycles. The van der Waals surface area contributed by atoms with Crippen molar-refractivity contribution in [2.45, 2.75) is 13.0 Å². The van der Waals surface area contributed by atoms with Crippen LogP contribution in [0, 0.1) is 23.7 Å². The van der Waals surface area contributed by atoms with Gasteiger partial charge in [-0.2, -0.15) is 0 Å². The Morgan fingerprint density at radius 3 is 2.68 bits per heavy atom. The number of allylic oxidation sites excluding steroid dienone is 2. The summed E-state index contributed by atoms with van der Waals surface area (Å²) in [5.41, 5.74) is 1.64. The highest BCUT2D eigenvalue weighted by Crippen LogP contribution is 2.48.